The third kappa shape index (κ3) is 5.36. The van der Waals surface area contributed by atoms with Gasteiger partial charge in [0.05, 0.1) is 0 Å². The number of hydrogen-bond donors (Lipinski definition) is 0. The van der Waals surface area contributed by atoms with Gasteiger partial charge in [0.25, 0.3) is 0 Å². The summed E-state index contributed by atoms with van der Waals surface area (Å²) in [5, 5.41) is 0. The zero-order valence-corrected chi connectivity index (χ0v) is 8.75. The number of aryl methyl sites for hydroxylation is 1. The second-order valence-corrected chi connectivity index (χ2v) is 2.45. The molecule has 14 heavy (non-hydrogen) atoms. The van der Waals surface area contributed by atoms with Gasteiger partial charge in [-0.25, -0.2) is 0 Å². The summed E-state index contributed by atoms with van der Waals surface area (Å²) in [7, 11) is 0. The third-order valence-electron chi connectivity index (χ3n) is 1.60. The molecule has 1 aromatic rings. The van der Waals surface area contributed by atoms with Gasteiger partial charge in [-0.2, -0.15) is 0 Å². The number of hydrogen-bond acceptors (Lipinski definition) is 0. The third-order valence-corrected chi connectivity index (χ3v) is 1.60. The predicted octanol–water partition coefficient (Wildman–Crippen LogP) is 4.86. The van der Waals surface area contributed by atoms with E-state index in [1.165, 1.54) is 11.1 Å². The molecule has 0 nitrogen and oxygen atoms in total. The smallest absolute Gasteiger partial charge is 0.0227 e. The van der Waals surface area contributed by atoms with Crippen molar-refractivity contribution in [2.45, 2.75) is 28.2 Å². The molecule has 78 valence electrons. The summed E-state index contributed by atoms with van der Waals surface area (Å²) < 4.78 is 0. The van der Waals surface area contributed by atoms with Crippen LogP contribution in [-0.2, 0) is 0 Å². The van der Waals surface area contributed by atoms with E-state index in [9.17, 15) is 0 Å². The van der Waals surface area contributed by atoms with Crippen LogP contribution in [0.3, 0.4) is 0 Å². The maximum absolute atomic E-state index is 3.62. The van der Waals surface area contributed by atoms with Crippen LogP contribution >= 0.6 is 0 Å². The topological polar surface area (TPSA) is 0 Å². The van der Waals surface area contributed by atoms with Crippen LogP contribution in [0.25, 0.3) is 6.08 Å². The Kier molecular flexibility index (Phi) is 10.6. The second-order valence-electron chi connectivity index (χ2n) is 2.45. The molecule has 0 saturated carbocycles. The fourth-order valence-electron chi connectivity index (χ4n) is 0.945. The average molecular weight is 190 g/mol. The zero-order chi connectivity index (χ0) is 10.1. The first-order valence-electron chi connectivity index (χ1n) is 4.69. The SMILES string of the molecule is C.C=C/C=C\c1ccccc1C.CC. The van der Waals surface area contributed by atoms with Gasteiger partial charge in [-0.15, -0.1) is 0 Å². The molecule has 1 rings (SSSR count). The lowest BCUT2D eigenvalue weighted by atomic mass is 10.1. The molecule has 0 heterocycles. The summed E-state index contributed by atoms with van der Waals surface area (Å²) in [6.07, 6.45) is 5.79. The quantitative estimate of drug-likeness (QED) is 0.584. The summed E-state index contributed by atoms with van der Waals surface area (Å²) in [5.41, 5.74) is 2.55. The molecule has 0 aliphatic rings. The molecule has 1 aromatic carbocycles. The molecule has 0 atom stereocenters. The summed E-state index contributed by atoms with van der Waals surface area (Å²) in [6, 6.07) is 8.27. The fourth-order valence-corrected chi connectivity index (χ4v) is 0.945. The number of benzene rings is 1. The van der Waals surface area contributed by atoms with E-state index < -0.39 is 0 Å². The molecular formula is C14H22. The highest BCUT2D eigenvalue weighted by atomic mass is 13.9. The van der Waals surface area contributed by atoms with Gasteiger partial charge in [0, 0.05) is 0 Å². The van der Waals surface area contributed by atoms with Crippen molar-refractivity contribution in [1.29, 1.82) is 0 Å². The molecule has 0 radical (unpaired) electrons. The van der Waals surface area contributed by atoms with Crippen LogP contribution in [0.5, 0.6) is 0 Å². The van der Waals surface area contributed by atoms with E-state index in [4.69, 9.17) is 0 Å². The molecule has 0 unspecified atom stereocenters. The van der Waals surface area contributed by atoms with Crippen LogP contribution in [0, 0.1) is 6.92 Å². The first-order chi connectivity index (χ1) is 6.34. The Morgan fingerprint density at radius 2 is 1.71 bits per heavy atom. The molecule has 0 N–H and O–H groups in total. The number of allylic oxidation sites excluding steroid dienone is 2. The Balaban J connectivity index is 0. The van der Waals surface area contributed by atoms with Gasteiger partial charge in [0.2, 0.25) is 0 Å². The lowest BCUT2D eigenvalue weighted by molar-refractivity contribution is 1.44. The molecule has 0 aliphatic carbocycles. The maximum Gasteiger partial charge on any atom is -0.0227 e. The normalized spacial score (nSPS) is 8.50. The van der Waals surface area contributed by atoms with Gasteiger partial charge in [-0.3, -0.25) is 0 Å². The van der Waals surface area contributed by atoms with Crippen molar-refractivity contribution in [2.24, 2.45) is 0 Å². The van der Waals surface area contributed by atoms with E-state index in [-0.39, 0.29) is 7.43 Å². The summed E-state index contributed by atoms with van der Waals surface area (Å²) in [6.45, 7) is 9.72. The summed E-state index contributed by atoms with van der Waals surface area (Å²) in [4.78, 5) is 0. The summed E-state index contributed by atoms with van der Waals surface area (Å²) in [5.74, 6) is 0. The second kappa shape index (κ2) is 9.79. The Bertz CT molecular complexity index is 269. The van der Waals surface area contributed by atoms with Gasteiger partial charge in [0.15, 0.2) is 0 Å². The van der Waals surface area contributed by atoms with E-state index in [1.54, 1.807) is 6.08 Å². The minimum Gasteiger partial charge on any atom is -0.0991 e. The van der Waals surface area contributed by atoms with Crippen molar-refractivity contribution in [3.8, 4) is 0 Å². The van der Waals surface area contributed by atoms with Crippen molar-refractivity contribution < 1.29 is 0 Å². The highest BCUT2D eigenvalue weighted by molar-refractivity contribution is 5.54. The standard InChI is InChI=1S/C11H12.C2H6.CH4/c1-3-4-8-11-9-6-5-7-10(11)2;1-2;/h3-9H,1H2,2H3;1-2H3;1H4/b8-4-;;. The van der Waals surface area contributed by atoms with Crippen molar-refractivity contribution in [1.82, 2.24) is 0 Å². The molecule has 0 aromatic heterocycles. The van der Waals surface area contributed by atoms with Crippen LogP contribution in [0.2, 0.25) is 0 Å². The zero-order valence-electron chi connectivity index (χ0n) is 8.75. The Hall–Kier alpha value is -1.30. The molecule has 0 aliphatic heterocycles. The largest absolute Gasteiger partial charge is 0.0991 e. The monoisotopic (exact) mass is 190 g/mol. The Labute approximate surface area is 89.0 Å². The van der Waals surface area contributed by atoms with E-state index in [0.717, 1.165) is 0 Å². The van der Waals surface area contributed by atoms with Gasteiger partial charge in [0.1, 0.15) is 0 Å². The fraction of sp³-hybridized carbons (Fsp3) is 0.286. The van der Waals surface area contributed by atoms with Crippen LogP contribution in [-0.4, -0.2) is 0 Å². The molecule has 0 amide bonds. The highest BCUT2D eigenvalue weighted by Crippen LogP contribution is 2.08. The van der Waals surface area contributed by atoms with E-state index in [1.807, 2.05) is 32.1 Å². The average Bonchev–Trinajstić information content (AvgIpc) is 2.20. The van der Waals surface area contributed by atoms with Crippen LogP contribution in [0.1, 0.15) is 32.4 Å². The highest BCUT2D eigenvalue weighted by Gasteiger charge is 1.88. The van der Waals surface area contributed by atoms with Crippen molar-refractivity contribution >= 4 is 6.08 Å². The minimum atomic E-state index is 0. The lowest BCUT2D eigenvalue weighted by Gasteiger charge is -1.96. The van der Waals surface area contributed by atoms with E-state index in [0.29, 0.717) is 0 Å². The van der Waals surface area contributed by atoms with Gasteiger partial charge in [-0.05, 0) is 18.1 Å². The summed E-state index contributed by atoms with van der Waals surface area (Å²) >= 11 is 0. The lowest BCUT2D eigenvalue weighted by Crippen LogP contribution is -1.76. The van der Waals surface area contributed by atoms with E-state index >= 15 is 0 Å². The Morgan fingerprint density at radius 3 is 2.21 bits per heavy atom. The van der Waals surface area contributed by atoms with E-state index in [2.05, 4.69) is 31.7 Å². The van der Waals surface area contributed by atoms with Crippen molar-refractivity contribution in [2.75, 3.05) is 0 Å². The number of rotatable bonds is 2. The van der Waals surface area contributed by atoms with Crippen molar-refractivity contribution in [3.63, 3.8) is 0 Å². The predicted molar refractivity (Wildman–Crippen MR) is 68.5 cm³/mol. The molecule has 0 bridgehead atoms. The van der Waals surface area contributed by atoms with Crippen LogP contribution in [0.15, 0.2) is 43.0 Å². The molecule has 0 fully saturated rings. The van der Waals surface area contributed by atoms with Crippen LogP contribution in [0.4, 0.5) is 0 Å². The first-order valence-corrected chi connectivity index (χ1v) is 4.69. The van der Waals surface area contributed by atoms with Gasteiger partial charge >= 0.3 is 0 Å². The molecule has 0 spiro atoms. The van der Waals surface area contributed by atoms with Gasteiger partial charge in [-0.1, -0.05) is 70.3 Å². The minimum absolute atomic E-state index is 0. The van der Waals surface area contributed by atoms with Gasteiger partial charge < -0.3 is 0 Å². The van der Waals surface area contributed by atoms with Crippen LogP contribution < -0.4 is 0 Å². The maximum atomic E-state index is 3.62. The molecule has 0 saturated heterocycles. The Morgan fingerprint density at radius 1 is 1.14 bits per heavy atom. The first kappa shape index (κ1) is 15.2. The van der Waals surface area contributed by atoms with Crippen molar-refractivity contribution in [3.05, 3.63) is 54.1 Å². The molecular weight excluding hydrogens is 168 g/mol. The molecule has 0 heteroatoms.